The first-order valence-corrected chi connectivity index (χ1v) is 10.5. The number of aliphatic hydroxyl groups is 1. The van der Waals surface area contributed by atoms with Gasteiger partial charge in [0.2, 0.25) is 0 Å². The maximum Gasteiger partial charge on any atom is 0.264 e. The van der Waals surface area contributed by atoms with E-state index in [1.165, 1.54) is 10.7 Å². The molecular formula is C20H26ClN2O3S-. The predicted octanol–water partition coefficient (Wildman–Crippen LogP) is -0.267. The summed E-state index contributed by atoms with van der Waals surface area (Å²) in [5, 5.41) is 10.6. The van der Waals surface area contributed by atoms with Crippen molar-refractivity contribution in [2.45, 2.75) is 30.3 Å². The van der Waals surface area contributed by atoms with Crippen LogP contribution in [0.5, 0.6) is 0 Å². The van der Waals surface area contributed by atoms with Gasteiger partial charge in [-0.2, -0.15) is 0 Å². The van der Waals surface area contributed by atoms with Crippen LogP contribution in [0.2, 0.25) is 0 Å². The van der Waals surface area contributed by atoms with Crippen molar-refractivity contribution >= 4 is 15.7 Å². The van der Waals surface area contributed by atoms with Crippen molar-refractivity contribution in [3.8, 4) is 0 Å². The van der Waals surface area contributed by atoms with Crippen LogP contribution >= 0.6 is 0 Å². The molecule has 1 aliphatic heterocycles. The second-order valence-corrected chi connectivity index (χ2v) is 8.56. The van der Waals surface area contributed by atoms with E-state index in [1.54, 1.807) is 54.6 Å². The third-order valence-electron chi connectivity index (χ3n) is 4.67. The van der Waals surface area contributed by atoms with E-state index in [0.29, 0.717) is 12.2 Å². The Labute approximate surface area is 168 Å². The molecule has 0 aliphatic carbocycles. The number of rotatable bonds is 7. The number of anilines is 1. The lowest BCUT2D eigenvalue weighted by Crippen LogP contribution is -3.00. The fraction of sp³-hybridized carbons (Fsp3) is 0.400. The van der Waals surface area contributed by atoms with Gasteiger partial charge in [-0.05, 0) is 50.2 Å². The summed E-state index contributed by atoms with van der Waals surface area (Å²) < 4.78 is 27.6. The molecule has 148 valence electrons. The first-order chi connectivity index (χ1) is 12.6. The van der Waals surface area contributed by atoms with Crippen molar-refractivity contribution < 1.29 is 25.9 Å². The second kappa shape index (κ2) is 10.1. The lowest BCUT2D eigenvalue weighted by molar-refractivity contribution is -0.00000977. The van der Waals surface area contributed by atoms with Gasteiger partial charge < -0.3 is 22.4 Å². The van der Waals surface area contributed by atoms with Gasteiger partial charge in [-0.1, -0.05) is 42.8 Å². The number of aliphatic hydroxyl groups excluding tert-OH is 1. The quantitative estimate of drug-likeness (QED) is 0.684. The molecule has 5 nitrogen and oxygen atoms in total. The maximum atomic E-state index is 13.2. The van der Waals surface area contributed by atoms with Gasteiger partial charge in [0.25, 0.3) is 10.0 Å². The molecule has 0 amide bonds. The summed E-state index contributed by atoms with van der Waals surface area (Å²) in [5.41, 5.74) is 0.564. The molecule has 1 atom stereocenters. The average molecular weight is 410 g/mol. The summed E-state index contributed by atoms with van der Waals surface area (Å²) in [6, 6.07) is 17.4. The lowest BCUT2D eigenvalue weighted by Gasteiger charge is -2.31. The number of para-hydroxylation sites is 1. The molecule has 0 saturated carbocycles. The monoisotopic (exact) mass is 409 g/mol. The number of hydrogen-bond acceptors (Lipinski definition) is 4. The van der Waals surface area contributed by atoms with Gasteiger partial charge in [0.15, 0.2) is 0 Å². The van der Waals surface area contributed by atoms with Crippen LogP contribution in [0.3, 0.4) is 0 Å². The smallest absolute Gasteiger partial charge is 0.264 e. The molecule has 0 bridgehead atoms. The van der Waals surface area contributed by atoms with E-state index in [0.717, 1.165) is 25.9 Å². The zero-order chi connectivity index (χ0) is 18.4. The number of nitrogens with zero attached hydrogens (tertiary/aromatic N) is 2. The summed E-state index contributed by atoms with van der Waals surface area (Å²) in [7, 11) is -3.74. The van der Waals surface area contributed by atoms with E-state index in [4.69, 9.17) is 0 Å². The van der Waals surface area contributed by atoms with Crippen LogP contribution in [0.4, 0.5) is 5.69 Å². The number of likely N-dealkylation sites (tertiary alicyclic amines) is 1. The van der Waals surface area contributed by atoms with E-state index in [1.807, 2.05) is 6.07 Å². The Morgan fingerprint density at radius 3 is 2.07 bits per heavy atom. The highest BCUT2D eigenvalue weighted by Crippen LogP contribution is 2.24. The van der Waals surface area contributed by atoms with Crippen molar-refractivity contribution in [3.05, 3.63) is 60.7 Å². The summed E-state index contributed by atoms with van der Waals surface area (Å²) in [6.45, 7) is 2.47. The topological polar surface area (TPSA) is 60.9 Å². The molecular weight excluding hydrogens is 384 g/mol. The molecule has 1 saturated heterocycles. The molecule has 3 rings (SSSR count). The van der Waals surface area contributed by atoms with Gasteiger partial charge in [0.05, 0.1) is 23.2 Å². The molecule has 7 heteroatoms. The molecule has 1 aliphatic rings. The van der Waals surface area contributed by atoms with E-state index in [9.17, 15) is 13.5 Å². The Balaban J connectivity index is 0.00000261. The molecule has 1 N–H and O–H groups in total. The molecule has 1 heterocycles. The summed E-state index contributed by atoms with van der Waals surface area (Å²) >= 11 is 0. The molecule has 0 radical (unpaired) electrons. The molecule has 27 heavy (non-hydrogen) atoms. The number of piperidine rings is 1. The highest BCUT2D eigenvalue weighted by molar-refractivity contribution is 7.92. The fourth-order valence-corrected chi connectivity index (χ4v) is 4.87. The number of β-amino-alcohol motifs (C(OH)–C–C–N with tert-alkyl or cyclic N) is 1. The number of hydrogen-bond donors (Lipinski definition) is 1. The SMILES string of the molecule is O=S(=O)(c1ccccc1)N(CC(O)CN1CCCCC1)c1ccccc1.[Cl-]. The zero-order valence-electron chi connectivity index (χ0n) is 15.2. The van der Waals surface area contributed by atoms with Crippen LogP contribution in [0.15, 0.2) is 65.6 Å². The Bertz CT molecular complexity index is 781. The van der Waals surface area contributed by atoms with Crippen molar-refractivity contribution in [2.75, 3.05) is 30.5 Å². The standard InChI is InChI=1S/C20H26N2O3S.ClH/c23-19(16-21-14-8-3-9-15-21)17-22(18-10-4-1-5-11-18)26(24,25)20-12-6-2-7-13-20;/h1-2,4-7,10-13,19,23H,3,8-9,14-17H2;1H/p-1. The summed E-state index contributed by atoms with van der Waals surface area (Å²) in [5.74, 6) is 0. The van der Waals surface area contributed by atoms with Crippen LogP contribution in [0, 0.1) is 0 Å². The molecule has 0 aromatic heterocycles. The van der Waals surface area contributed by atoms with Crippen LogP contribution in [0.1, 0.15) is 19.3 Å². The normalized spacial score (nSPS) is 16.3. The minimum Gasteiger partial charge on any atom is -1.00 e. The van der Waals surface area contributed by atoms with Crippen molar-refractivity contribution in [1.29, 1.82) is 0 Å². The average Bonchev–Trinajstić information content (AvgIpc) is 2.68. The van der Waals surface area contributed by atoms with Gasteiger partial charge in [-0.3, -0.25) is 4.31 Å². The maximum absolute atomic E-state index is 13.2. The van der Waals surface area contributed by atoms with Crippen LogP contribution in [-0.4, -0.2) is 50.7 Å². The molecule has 1 unspecified atom stereocenters. The first kappa shape index (κ1) is 21.7. The largest absolute Gasteiger partial charge is 1.00 e. The Kier molecular flexibility index (Phi) is 8.10. The zero-order valence-corrected chi connectivity index (χ0v) is 16.8. The second-order valence-electron chi connectivity index (χ2n) is 6.70. The van der Waals surface area contributed by atoms with Crippen molar-refractivity contribution in [3.63, 3.8) is 0 Å². The highest BCUT2D eigenvalue weighted by atomic mass is 35.5. The number of benzene rings is 2. The molecule has 2 aromatic carbocycles. The van der Waals surface area contributed by atoms with Gasteiger partial charge in [0.1, 0.15) is 0 Å². The molecule has 0 spiro atoms. The fourth-order valence-electron chi connectivity index (χ4n) is 3.35. The Hall–Kier alpha value is -1.60. The summed E-state index contributed by atoms with van der Waals surface area (Å²) in [4.78, 5) is 2.45. The lowest BCUT2D eigenvalue weighted by atomic mass is 10.1. The van der Waals surface area contributed by atoms with E-state index in [-0.39, 0.29) is 23.8 Å². The van der Waals surface area contributed by atoms with Gasteiger partial charge in [-0.25, -0.2) is 8.42 Å². The van der Waals surface area contributed by atoms with Gasteiger partial charge in [-0.15, -0.1) is 0 Å². The van der Waals surface area contributed by atoms with Crippen molar-refractivity contribution in [2.24, 2.45) is 0 Å². The summed E-state index contributed by atoms with van der Waals surface area (Å²) in [6.07, 6.45) is 2.76. The van der Waals surface area contributed by atoms with Crippen LogP contribution in [-0.2, 0) is 10.0 Å². The third-order valence-corrected chi connectivity index (χ3v) is 6.48. The van der Waals surface area contributed by atoms with E-state index in [2.05, 4.69) is 4.90 Å². The Morgan fingerprint density at radius 1 is 0.926 bits per heavy atom. The van der Waals surface area contributed by atoms with E-state index < -0.39 is 16.1 Å². The minimum atomic E-state index is -3.74. The van der Waals surface area contributed by atoms with E-state index >= 15 is 0 Å². The Morgan fingerprint density at radius 2 is 1.48 bits per heavy atom. The van der Waals surface area contributed by atoms with Crippen LogP contribution in [0.25, 0.3) is 0 Å². The molecule has 2 aromatic rings. The predicted molar refractivity (Wildman–Crippen MR) is 104 cm³/mol. The molecule has 1 fully saturated rings. The minimum absolute atomic E-state index is 0. The highest BCUT2D eigenvalue weighted by Gasteiger charge is 2.27. The number of halogens is 1. The van der Waals surface area contributed by atoms with Gasteiger partial charge >= 0.3 is 0 Å². The third kappa shape index (κ3) is 5.69. The van der Waals surface area contributed by atoms with Crippen molar-refractivity contribution in [1.82, 2.24) is 4.90 Å². The first-order valence-electron chi connectivity index (χ1n) is 9.10. The van der Waals surface area contributed by atoms with Crippen LogP contribution < -0.4 is 16.7 Å². The number of sulfonamides is 1. The van der Waals surface area contributed by atoms with Gasteiger partial charge in [0, 0.05) is 6.54 Å².